The van der Waals surface area contributed by atoms with Crippen molar-refractivity contribution in [2.75, 3.05) is 38.8 Å². The van der Waals surface area contributed by atoms with Crippen LogP contribution < -0.4 is 14.8 Å². The number of unbranched alkanes of at least 4 members (excludes halogenated alkanes) is 1. The van der Waals surface area contributed by atoms with E-state index in [1.54, 1.807) is 24.3 Å². The van der Waals surface area contributed by atoms with Crippen molar-refractivity contribution in [3.05, 3.63) is 54.1 Å². The Balaban J connectivity index is 1.82. The minimum atomic E-state index is -3.64. The van der Waals surface area contributed by atoms with E-state index in [9.17, 15) is 18.0 Å². The monoisotopic (exact) mass is 464 g/mol. The van der Waals surface area contributed by atoms with Gasteiger partial charge in [0.05, 0.1) is 23.7 Å². The van der Waals surface area contributed by atoms with Crippen molar-refractivity contribution < 1.29 is 32.2 Å². The summed E-state index contributed by atoms with van der Waals surface area (Å²) in [6.45, 7) is 2.55. The number of hydrogen-bond acceptors (Lipinski definition) is 7. The molecule has 2 N–H and O–H groups in total. The molecule has 2 aromatic carbocycles. The molecule has 2 aromatic rings. The van der Waals surface area contributed by atoms with Crippen molar-refractivity contribution in [3.8, 4) is 5.75 Å². The molecule has 0 spiro atoms. The van der Waals surface area contributed by atoms with Crippen molar-refractivity contribution >= 4 is 27.6 Å². The normalized spacial score (nSPS) is 11.1. The standard InChI is InChI=1S/C22H28N2O7S/c1-3-4-14-30-22(26)17-5-7-18(8-6-17)24-21(25)16-31-19-9-11-20(12-10-19)32(27,28)23-13-15-29-2/h5-12,23H,3-4,13-16H2,1-2H3,(H,24,25). The summed E-state index contributed by atoms with van der Waals surface area (Å²) in [6.07, 6.45) is 1.75. The number of methoxy groups -OCH3 is 1. The number of ether oxygens (including phenoxy) is 3. The van der Waals surface area contributed by atoms with E-state index in [-0.39, 0.29) is 24.7 Å². The molecule has 2 rings (SSSR count). The number of sulfonamides is 1. The predicted octanol–water partition coefficient (Wildman–Crippen LogP) is 2.59. The van der Waals surface area contributed by atoms with Crippen LogP contribution in [0.3, 0.4) is 0 Å². The van der Waals surface area contributed by atoms with Gasteiger partial charge in [0.1, 0.15) is 5.75 Å². The second-order valence-corrected chi connectivity index (χ2v) is 8.53. The van der Waals surface area contributed by atoms with Gasteiger partial charge in [-0.25, -0.2) is 17.9 Å². The number of esters is 1. The molecule has 32 heavy (non-hydrogen) atoms. The van der Waals surface area contributed by atoms with Gasteiger partial charge in [-0.2, -0.15) is 0 Å². The largest absolute Gasteiger partial charge is 0.484 e. The summed E-state index contributed by atoms with van der Waals surface area (Å²) < 4.78 is 42.0. The van der Waals surface area contributed by atoms with Crippen LogP contribution in [0.15, 0.2) is 53.4 Å². The zero-order chi connectivity index (χ0) is 23.4. The van der Waals surface area contributed by atoms with Crippen LogP contribution in [0.25, 0.3) is 0 Å². The van der Waals surface area contributed by atoms with Gasteiger partial charge >= 0.3 is 5.97 Å². The first-order chi connectivity index (χ1) is 15.4. The third-order valence-electron chi connectivity index (χ3n) is 4.24. The van der Waals surface area contributed by atoms with E-state index in [4.69, 9.17) is 14.2 Å². The van der Waals surface area contributed by atoms with Gasteiger partial charge in [-0.1, -0.05) is 13.3 Å². The smallest absolute Gasteiger partial charge is 0.338 e. The second kappa shape index (κ2) is 12.8. The maximum Gasteiger partial charge on any atom is 0.338 e. The lowest BCUT2D eigenvalue weighted by atomic mass is 10.2. The maximum absolute atomic E-state index is 12.1. The average Bonchev–Trinajstić information content (AvgIpc) is 2.78. The Bertz CT molecular complexity index is 974. The van der Waals surface area contributed by atoms with E-state index in [1.165, 1.54) is 31.4 Å². The number of hydrogen-bond donors (Lipinski definition) is 2. The lowest BCUT2D eigenvalue weighted by Crippen LogP contribution is -2.27. The highest BCUT2D eigenvalue weighted by molar-refractivity contribution is 7.89. The predicted molar refractivity (Wildman–Crippen MR) is 119 cm³/mol. The molecule has 0 bridgehead atoms. The van der Waals surface area contributed by atoms with Gasteiger partial charge in [0.15, 0.2) is 6.61 Å². The summed E-state index contributed by atoms with van der Waals surface area (Å²) in [5.41, 5.74) is 0.911. The third kappa shape index (κ3) is 8.29. The van der Waals surface area contributed by atoms with Crippen LogP contribution in [0.1, 0.15) is 30.1 Å². The molecule has 0 aliphatic carbocycles. The van der Waals surface area contributed by atoms with Gasteiger partial charge in [0, 0.05) is 19.3 Å². The molecule has 0 aliphatic rings. The van der Waals surface area contributed by atoms with Crippen molar-refractivity contribution in [1.29, 1.82) is 0 Å². The van der Waals surface area contributed by atoms with Crippen LogP contribution in [0.2, 0.25) is 0 Å². The minimum absolute atomic E-state index is 0.0821. The summed E-state index contributed by atoms with van der Waals surface area (Å²) in [6, 6.07) is 12.1. The zero-order valence-electron chi connectivity index (χ0n) is 18.1. The summed E-state index contributed by atoms with van der Waals surface area (Å²) in [5, 5.41) is 2.66. The fourth-order valence-electron chi connectivity index (χ4n) is 2.50. The molecule has 10 heteroatoms. The molecule has 1 amide bonds. The zero-order valence-corrected chi connectivity index (χ0v) is 18.9. The third-order valence-corrected chi connectivity index (χ3v) is 5.71. The van der Waals surface area contributed by atoms with Gasteiger partial charge in [-0.3, -0.25) is 4.79 Å². The van der Waals surface area contributed by atoms with Crippen LogP contribution in [0.4, 0.5) is 5.69 Å². The molecular weight excluding hydrogens is 436 g/mol. The van der Waals surface area contributed by atoms with Gasteiger partial charge in [-0.15, -0.1) is 0 Å². The summed E-state index contributed by atoms with van der Waals surface area (Å²) in [4.78, 5) is 24.1. The Hall–Kier alpha value is -2.95. The first-order valence-corrected chi connectivity index (χ1v) is 11.6. The minimum Gasteiger partial charge on any atom is -0.484 e. The number of rotatable bonds is 13. The Kier molecular flexibility index (Phi) is 10.1. The number of amides is 1. The Morgan fingerprint density at radius 3 is 2.28 bits per heavy atom. The molecule has 0 fully saturated rings. The van der Waals surface area contributed by atoms with Crippen molar-refractivity contribution in [2.45, 2.75) is 24.7 Å². The molecule has 0 aliphatic heterocycles. The van der Waals surface area contributed by atoms with E-state index in [0.29, 0.717) is 23.6 Å². The van der Waals surface area contributed by atoms with E-state index >= 15 is 0 Å². The molecule has 0 atom stereocenters. The fraction of sp³-hybridized carbons (Fsp3) is 0.364. The first-order valence-electron chi connectivity index (χ1n) is 10.1. The SMILES string of the molecule is CCCCOC(=O)c1ccc(NC(=O)COc2ccc(S(=O)(=O)NCCOC)cc2)cc1. The maximum atomic E-state index is 12.1. The van der Waals surface area contributed by atoms with E-state index in [1.807, 2.05) is 6.92 Å². The molecule has 0 saturated carbocycles. The number of carbonyl (C=O) groups is 2. The topological polar surface area (TPSA) is 120 Å². The van der Waals surface area contributed by atoms with E-state index in [2.05, 4.69) is 10.0 Å². The van der Waals surface area contributed by atoms with Crippen LogP contribution in [-0.4, -0.2) is 53.8 Å². The molecular formula is C22H28N2O7S. The van der Waals surface area contributed by atoms with Gasteiger partial charge in [-0.05, 0) is 55.0 Å². The quantitative estimate of drug-likeness (QED) is 0.345. The highest BCUT2D eigenvalue weighted by Crippen LogP contribution is 2.16. The van der Waals surface area contributed by atoms with Crippen molar-refractivity contribution in [2.24, 2.45) is 0 Å². The number of nitrogens with one attached hydrogen (secondary N) is 2. The lowest BCUT2D eigenvalue weighted by Gasteiger charge is -2.10. The first kappa shape index (κ1) is 25.3. The molecule has 0 heterocycles. The van der Waals surface area contributed by atoms with Crippen LogP contribution in [0.5, 0.6) is 5.75 Å². The summed E-state index contributed by atoms with van der Waals surface area (Å²) >= 11 is 0. The number of benzene rings is 2. The summed E-state index contributed by atoms with van der Waals surface area (Å²) in [5.74, 6) is -0.457. The highest BCUT2D eigenvalue weighted by atomic mass is 32.2. The van der Waals surface area contributed by atoms with Gasteiger partial charge < -0.3 is 19.5 Å². The lowest BCUT2D eigenvalue weighted by molar-refractivity contribution is -0.118. The Morgan fingerprint density at radius 1 is 0.969 bits per heavy atom. The second-order valence-electron chi connectivity index (χ2n) is 6.77. The fourth-order valence-corrected chi connectivity index (χ4v) is 3.52. The molecule has 0 radical (unpaired) electrons. The number of anilines is 1. The molecule has 0 saturated heterocycles. The molecule has 9 nitrogen and oxygen atoms in total. The van der Waals surface area contributed by atoms with Crippen molar-refractivity contribution in [3.63, 3.8) is 0 Å². The van der Waals surface area contributed by atoms with Gasteiger partial charge in [0.2, 0.25) is 10.0 Å². The summed E-state index contributed by atoms with van der Waals surface area (Å²) in [7, 11) is -2.15. The van der Waals surface area contributed by atoms with E-state index in [0.717, 1.165) is 12.8 Å². The van der Waals surface area contributed by atoms with Crippen LogP contribution in [-0.2, 0) is 24.3 Å². The average molecular weight is 465 g/mol. The highest BCUT2D eigenvalue weighted by Gasteiger charge is 2.13. The molecule has 0 aromatic heterocycles. The van der Waals surface area contributed by atoms with Crippen LogP contribution >= 0.6 is 0 Å². The van der Waals surface area contributed by atoms with E-state index < -0.39 is 21.9 Å². The Morgan fingerprint density at radius 2 is 1.66 bits per heavy atom. The van der Waals surface area contributed by atoms with Gasteiger partial charge in [0.25, 0.3) is 5.91 Å². The molecule has 174 valence electrons. The van der Waals surface area contributed by atoms with Crippen LogP contribution in [0, 0.1) is 0 Å². The molecule has 0 unspecified atom stereocenters. The number of carbonyl (C=O) groups excluding carboxylic acids is 2. The Labute approximate surface area is 188 Å². The van der Waals surface area contributed by atoms with Crippen molar-refractivity contribution in [1.82, 2.24) is 4.72 Å².